The number of pyridine rings is 1. The van der Waals surface area contributed by atoms with Crippen molar-refractivity contribution in [1.29, 1.82) is 0 Å². The smallest absolute Gasteiger partial charge is 0.119 e. The van der Waals surface area contributed by atoms with Gasteiger partial charge in [-0.2, -0.15) is 0 Å². The van der Waals surface area contributed by atoms with Gasteiger partial charge in [-0.1, -0.05) is 78.2 Å². The van der Waals surface area contributed by atoms with Crippen molar-refractivity contribution in [3.63, 3.8) is 0 Å². The molecule has 0 saturated heterocycles. The summed E-state index contributed by atoms with van der Waals surface area (Å²) in [6.45, 7) is 7.64. The standard InChI is InChI=1S/C28H43NO/c1-4-6-7-8-9-10-11-12-15-25-16-21-28(29-23-25)26-17-19-27(20-18-26)30-22-13-14-24(3)5-2/h16-21,23-24H,4-15,22H2,1-3H3/t24-/m0/s1. The van der Waals surface area contributed by atoms with Gasteiger partial charge in [0.15, 0.2) is 0 Å². The highest BCUT2D eigenvalue weighted by Gasteiger charge is 2.03. The molecule has 0 aliphatic heterocycles. The van der Waals surface area contributed by atoms with Crippen molar-refractivity contribution in [3.8, 4) is 17.0 Å². The Labute approximate surface area is 185 Å². The zero-order chi connectivity index (χ0) is 21.4. The maximum Gasteiger partial charge on any atom is 0.119 e. The van der Waals surface area contributed by atoms with E-state index in [0.717, 1.165) is 42.4 Å². The molecule has 0 fully saturated rings. The zero-order valence-corrected chi connectivity index (χ0v) is 19.7. The van der Waals surface area contributed by atoms with Gasteiger partial charge in [0.05, 0.1) is 12.3 Å². The first-order chi connectivity index (χ1) is 14.7. The quantitative estimate of drug-likeness (QED) is 0.259. The molecule has 0 N–H and O–H groups in total. The van der Waals surface area contributed by atoms with E-state index in [-0.39, 0.29) is 0 Å². The second-order valence-electron chi connectivity index (χ2n) is 8.81. The third-order valence-electron chi connectivity index (χ3n) is 6.10. The van der Waals surface area contributed by atoms with Crippen molar-refractivity contribution in [2.24, 2.45) is 5.92 Å². The van der Waals surface area contributed by atoms with Crippen molar-refractivity contribution < 1.29 is 4.74 Å². The van der Waals surface area contributed by atoms with E-state index in [1.165, 1.54) is 69.8 Å². The van der Waals surface area contributed by atoms with E-state index in [2.05, 4.69) is 63.4 Å². The van der Waals surface area contributed by atoms with Crippen LogP contribution in [-0.4, -0.2) is 11.6 Å². The van der Waals surface area contributed by atoms with E-state index in [1.54, 1.807) is 0 Å². The third-order valence-corrected chi connectivity index (χ3v) is 6.10. The fraction of sp³-hybridized carbons (Fsp3) is 0.607. The maximum absolute atomic E-state index is 5.88. The molecule has 1 atom stereocenters. The van der Waals surface area contributed by atoms with Crippen LogP contribution >= 0.6 is 0 Å². The summed E-state index contributed by atoms with van der Waals surface area (Å²) in [5, 5.41) is 0. The molecule has 0 bridgehead atoms. The molecular formula is C28H43NO. The number of aromatic nitrogens is 1. The SMILES string of the molecule is CCCCCCCCCCc1ccc(-c2ccc(OCCC[C@@H](C)CC)cc2)nc1. The lowest BCUT2D eigenvalue weighted by molar-refractivity contribution is 0.294. The average molecular weight is 410 g/mol. The van der Waals surface area contributed by atoms with Crippen molar-refractivity contribution in [3.05, 3.63) is 48.2 Å². The lowest BCUT2D eigenvalue weighted by atomic mass is 10.0. The van der Waals surface area contributed by atoms with Gasteiger partial charge in [-0.05, 0) is 67.5 Å². The molecule has 0 spiro atoms. The van der Waals surface area contributed by atoms with Gasteiger partial charge in [0.1, 0.15) is 5.75 Å². The maximum atomic E-state index is 5.88. The fourth-order valence-corrected chi connectivity index (χ4v) is 3.75. The third kappa shape index (κ3) is 9.78. The van der Waals surface area contributed by atoms with E-state index in [4.69, 9.17) is 9.72 Å². The monoisotopic (exact) mass is 409 g/mol. The molecule has 166 valence electrons. The topological polar surface area (TPSA) is 22.1 Å². The van der Waals surface area contributed by atoms with Gasteiger partial charge >= 0.3 is 0 Å². The van der Waals surface area contributed by atoms with Gasteiger partial charge < -0.3 is 4.74 Å². The molecule has 0 aliphatic rings. The molecule has 2 rings (SSSR count). The summed E-state index contributed by atoms with van der Waals surface area (Å²) in [6.07, 6.45) is 17.7. The highest BCUT2D eigenvalue weighted by molar-refractivity contribution is 5.60. The molecule has 0 saturated carbocycles. The van der Waals surface area contributed by atoms with Crippen LogP contribution < -0.4 is 4.74 Å². The minimum Gasteiger partial charge on any atom is -0.494 e. The Morgan fingerprint density at radius 2 is 1.50 bits per heavy atom. The zero-order valence-electron chi connectivity index (χ0n) is 19.7. The van der Waals surface area contributed by atoms with Gasteiger partial charge in [-0.3, -0.25) is 4.98 Å². The second-order valence-corrected chi connectivity index (χ2v) is 8.81. The highest BCUT2D eigenvalue weighted by Crippen LogP contribution is 2.22. The van der Waals surface area contributed by atoms with Crippen LogP contribution in [0.2, 0.25) is 0 Å². The predicted molar refractivity (Wildman–Crippen MR) is 130 cm³/mol. The Morgan fingerprint density at radius 3 is 2.13 bits per heavy atom. The molecule has 0 aliphatic carbocycles. The van der Waals surface area contributed by atoms with E-state index in [1.807, 2.05) is 0 Å². The van der Waals surface area contributed by atoms with Gasteiger partial charge in [0.2, 0.25) is 0 Å². The Hall–Kier alpha value is -1.83. The first kappa shape index (κ1) is 24.4. The second kappa shape index (κ2) is 15.0. The molecule has 1 aromatic carbocycles. The summed E-state index contributed by atoms with van der Waals surface area (Å²) in [5.74, 6) is 1.75. The molecule has 0 radical (unpaired) electrons. The molecule has 2 heteroatoms. The first-order valence-corrected chi connectivity index (χ1v) is 12.4. The summed E-state index contributed by atoms with van der Waals surface area (Å²) >= 11 is 0. The van der Waals surface area contributed by atoms with Crippen LogP contribution in [0.5, 0.6) is 5.75 Å². The molecule has 0 amide bonds. The average Bonchev–Trinajstić information content (AvgIpc) is 2.79. The number of ether oxygens (including phenoxy) is 1. The van der Waals surface area contributed by atoms with Crippen molar-refractivity contribution in [1.82, 2.24) is 4.98 Å². The largest absolute Gasteiger partial charge is 0.494 e. The van der Waals surface area contributed by atoms with Crippen LogP contribution in [-0.2, 0) is 6.42 Å². The van der Waals surface area contributed by atoms with Crippen LogP contribution in [0.1, 0.15) is 97.0 Å². The lowest BCUT2D eigenvalue weighted by Gasteiger charge is -2.10. The van der Waals surface area contributed by atoms with E-state index < -0.39 is 0 Å². The number of aryl methyl sites for hydroxylation is 1. The van der Waals surface area contributed by atoms with Crippen molar-refractivity contribution in [2.45, 2.75) is 97.8 Å². The minimum absolute atomic E-state index is 0.792. The summed E-state index contributed by atoms with van der Waals surface area (Å²) in [4.78, 5) is 4.69. The van der Waals surface area contributed by atoms with Crippen LogP contribution in [0, 0.1) is 5.92 Å². The molecule has 1 heterocycles. The Bertz CT molecular complexity index is 662. The summed E-state index contributed by atoms with van der Waals surface area (Å²) in [5.41, 5.74) is 3.55. The normalized spacial score (nSPS) is 12.1. The lowest BCUT2D eigenvalue weighted by Crippen LogP contribution is -2.00. The molecule has 0 unspecified atom stereocenters. The van der Waals surface area contributed by atoms with Crippen LogP contribution in [0.25, 0.3) is 11.3 Å². The number of rotatable bonds is 16. The number of benzene rings is 1. The summed E-state index contributed by atoms with van der Waals surface area (Å²) in [6, 6.07) is 12.8. The van der Waals surface area contributed by atoms with Gasteiger partial charge in [0, 0.05) is 11.8 Å². The van der Waals surface area contributed by atoms with Crippen LogP contribution in [0.3, 0.4) is 0 Å². The molecule has 1 aromatic heterocycles. The van der Waals surface area contributed by atoms with Crippen LogP contribution in [0.15, 0.2) is 42.6 Å². The van der Waals surface area contributed by atoms with E-state index in [9.17, 15) is 0 Å². The number of hydrogen-bond donors (Lipinski definition) is 0. The highest BCUT2D eigenvalue weighted by atomic mass is 16.5. The van der Waals surface area contributed by atoms with Crippen molar-refractivity contribution >= 4 is 0 Å². The Kier molecular flexibility index (Phi) is 12.3. The molecule has 30 heavy (non-hydrogen) atoms. The Balaban J connectivity index is 1.67. The number of hydrogen-bond acceptors (Lipinski definition) is 2. The summed E-state index contributed by atoms with van der Waals surface area (Å²) < 4.78 is 5.88. The number of nitrogens with zero attached hydrogens (tertiary/aromatic N) is 1. The van der Waals surface area contributed by atoms with Gasteiger partial charge in [-0.15, -0.1) is 0 Å². The van der Waals surface area contributed by atoms with Gasteiger partial charge in [0.25, 0.3) is 0 Å². The fourth-order valence-electron chi connectivity index (χ4n) is 3.75. The van der Waals surface area contributed by atoms with E-state index in [0.29, 0.717) is 0 Å². The number of unbranched alkanes of at least 4 members (excludes halogenated alkanes) is 7. The first-order valence-electron chi connectivity index (χ1n) is 12.4. The van der Waals surface area contributed by atoms with Crippen molar-refractivity contribution in [2.75, 3.05) is 6.61 Å². The molecule has 2 nitrogen and oxygen atoms in total. The van der Waals surface area contributed by atoms with Crippen LogP contribution in [0.4, 0.5) is 0 Å². The molecular weight excluding hydrogens is 366 g/mol. The predicted octanol–water partition coefficient (Wildman–Crippen LogP) is 8.64. The minimum atomic E-state index is 0.792. The van der Waals surface area contributed by atoms with Gasteiger partial charge in [-0.25, -0.2) is 0 Å². The Morgan fingerprint density at radius 1 is 0.800 bits per heavy atom. The van der Waals surface area contributed by atoms with E-state index >= 15 is 0 Å². The summed E-state index contributed by atoms with van der Waals surface area (Å²) in [7, 11) is 0. The molecule has 2 aromatic rings.